The molecular formula is C24H24N4O3. The molecule has 158 valence electrons. The summed E-state index contributed by atoms with van der Waals surface area (Å²) in [5.74, 6) is -1.35. The van der Waals surface area contributed by atoms with Gasteiger partial charge >= 0.3 is 0 Å². The minimum atomic E-state index is -0.502. The first-order valence-electron chi connectivity index (χ1n) is 10.2. The van der Waals surface area contributed by atoms with E-state index >= 15 is 0 Å². The number of para-hydroxylation sites is 1. The van der Waals surface area contributed by atoms with Crippen molar-refractivity contribution >= 4 is 17.7 Å². The Morgan fingerprint density at radius 3 is 2.42 bits per heavy atom. The lowest BCUT2D eigenvalue weighted by Crippen LogP contribution is -2.45. The van der Waals surface area contributed by atoms with Crippen LogP contribution in [0.4, 0.5) is 0 Å². The zero-order valence-electron chi connectivity index (χ0n) is 17.2. The molecule has 1 saturated heterocycles. The van der Waals surface area contributed by atoms with Gasteiger partial charge in [-0.2, -0.15) is 0 Å². The number of aryl methyl sites for hydroxylation is 1. The molecule has 1 fully saturated rings. The van der Waals surface area contributed by atoms with E-state index in [0.29, 0.717) is 24.3 Å². The maximum atomic E-state index is 12.7. The van der Waals surface area contributed by atoms with Crippen LogP contribution in [0.2, 0.25) is 0 Å². The molecule has 0 unspecified atom stereocenters. The number of rotatable bonds is 5. The summed E-state index contributed by atoms with van der Waals surface area (Å²) in [6, 6.07) is 18.8. The molecule has 0 bridgehead atoms. The van der Waals surface area contributed by atoms with E-state index in [9.17, 15) is 14.4 Å². The van der Waals surface area contributed by atoms with Crippen molar-refractivity contribution in [1.82, 2.24) is 20.3 Å². The first-order valence-corrected chi connectivity index (χ1v) is 10.2. The number of nitrogens with one attached hydrogen (secondary N) is 2. The maximum Gasteiger partial charge on any atom is 0.271 e. The van der Waals surface area contributed by atoms with Crippen LogP contribution in [0.15, 0.2) is 73.1 Å². The summed E-state index contributed by atoms with van der Waals surface area (Å²) in [6.45, 7) is 2.81. The van der Waals surface area contributed by atoms with Crippen molar-refractivity contribution in [3.8, 4) is 5.69 Å². The summed E-state index contributed by atoms with van der Waals surface area (Å²) in [5, 5.41) is 0. The Kier molecular flexibility index (Phi) is 5.84. The van der Waals surface area contributed by atoms with E-state index < -0.39 is 11.8 Å². The maximum absolute atomic E-state index is 12.7. The number of carbonyl (C=O) groups excluding carboxylic acids is 3. The quantitative estimate of drug-likeness (QED) is 0.627. The molecule has 0 saturated carbocycles. The Morgan fingerprint density at radius 1 is 0.968 bits per heavy atom. The fourth-order valence-corrected chi connectivity index (χ4v) is 3.69. The number of likely N-dealkylation sites (tertiary alicyclic amines) is 1. The minimum Gasteiger partial charge on any atom is -0.338 e. The molecule has 1 aliphatic heterocycles. The average Bonchev–Trinajstić information content (AvgIpc) is 3.44. The smallest absolute Gasteiger partial charge is 0.271 e. The normalized spacial score (nSPS) is 15.7. The van der Waals surface area contributed by atoms with E-state index in [2.05, 4.69) is 10.9 Å². The number of hydrogen-bond donors (Lipinski definition) is 2. The van der Waals surface area contributed by atoms with Gasteiger partial charge in [-0.25, -0.2) is 0 Å². The lowest BCUT2D eigenvalue weighted by Gasteiger charge is -2.17. The average molecular weight is 416 g/mol. The zero-order chi connectivity index (χ0) is 21.8. The molecule has 7 heteroatoms. The van der Waals surface area contributed by atoms with Gasteiger partial charge in [-0.3, -0.25) is 25.2 Å². The van der Waals surface area contributed by atoms with Crippen molar-refractivity contribution < 1.29 is 14.4 Å². The van der Waals surface area contributed by atoms with Crippen molar-refractivity contribution in [2.24, 2.45) is 5.92 Å². The zero-order valence-corrected chi connectivity index (χ0v) is 17.2. The Morgan fingerprint density at radius 2 is 1.68 bits per heavy atom. The summed E-state index contributed by atoms with van der Waals surface area (Å²) in [4.78, 5) is 39.3. The van der Waals surface area contributed by atoms with Crippen molar-refractivity contribution in [2.75, 3.05) is 6.54 Å². The van der Waals surface area contributed by atoms with E-state index in [4.69, 9.17) is 0 Å². The molecule has 2 N–H and O–H groups in total. The summed E-state index contributed by atoms with van der Waals surface area (Å²) >= 11 is 0. The highest BCUT2D eigenvalue weighted by molar-refractivity contribution is 5.99. The number of benzene rings is 2. The highest BCUT2D eigenvalue weighted by Gasteiger charge is 2.34. The van der Waals surface area contributed by atoms with Gasteiger partial charge in [0.25, 0.3) is 5.91 Å². The van der Waals surface area contributed by atoms with Gasteiger partial charge < -0.3 is 9.47 Å². The summed E-state index contributed by atoms with van der Waals surface area (Å²) in [6.07, 6.45) is 3.82. The molecule has 3 aromatic rings. The van der Waals surface area contributed by atoms with E-state index in [-0.39, 0.29) is 18.2 Å². The minimum absolute atomic E-state index is 0.0648. The van der Waals surface area contributed by atoms with Crippen LogP contribution >= 0.6 is 0 Å². The standard InChI is InChI=1S/C24H24N4O3/c1-17-8-10-18(11-9-17)15-28-16-19(14-22(28)29)23(30)25-26-24(31)20-6-2-3-7-21(20)27-12-4-5-13-27/h2-13,19H,14-16H2,1H3,(H,25,30)(H,26,31)/t19-/m1/s1. The lowest BCUT2D eigenvalue weighted by atomic mass is 10.1. The molecule has 4 rings (SSSR count). The van der Waals surface area contributed by atoms with Crippen LogP contribution in [-0.4, -0.2) is 33.7 Å². The molecule has 0 radical (unpaired) electrons. The van der Waals surface area contributed by atoms with Crippen LogP contribution in [0.3, 0.4) is 0 Å². The van der Waals surface area contributed by atoms with Crippen LogP contribution in [-0.2, 0) is 16.1 Å². The molecule has 1 aromatic heterocycles. The highest BCUT2D eigenvalue weighted by atomic mass is 16.2. The van der Waals surface area contributed by atoms with Crippen LogP contribution in [0.25, 0.3) is 5.69 Å². The van der Waals surface area contributed by atoms with Gasteiger partial charge in [-0.1, -0.05) is 42.0 Å². The second kappa shape index (κ2) is 8.87. The highest BCUT2D eigenvalue weighted by Crippen LogP contribution is 2.20. The van der Waals surface area contributed by atoms with E-state index in [1.165, 1.54) is 0 Å². The summed E-state index contributed by atoms with van der Waals surface area (Å²) < 4.78 is 1.83. The third-order valence-electron chi connectivity index (χ3n) is 5.41. The van der Waals surface area contributed by atoms with Gasteiger partial charge in [-0.05, 0) is 36.8 Å². The SMILES string of the molecule is Cc1ccc(CN2C[C@H](C(=O)NNC(=O)c3ccccc3-n3cccc3)CC2=O)cc1. The van der Waals surface area contributed by atoms with Gasteiger partial charge in [0.05, 0.1) is 17.2 Å². The van der Waals surface area contributed by atoms with Gasteiger partial charge in [0, 0.05) is 31.9 Å². The topological polar surface area (TPSA) is 83.4 Å². The fourth-order valence-electron chi connectivity index (χ4n) is 3.69. The Balaban J connectivity index is 1.35. The molecular weight excluding hydrogens is 392 g/mol. The molecule has 2 aromatic carbocycles. The molecule has 2 heterocycles. The van der Waals surface area contributed by atoms with Crippen molar-refractivity contribution in [3.63, 3.8) is 0 Å². The van der Waals surface area contributed by atoms with Crippen LogP contribution < -0.4 is 10.9 Å². The molecule has 0 spiro atoms. The second-order valence-electron chi connectivity index (χ2n) is 7.71. The Labute approximate surface area is 180 Å². The molecule has 0 aliphatic carbocycles. The molecule has 7 nitrogen and oxygen atoms in total. The predicted molar refractivity (Wildman–Crippen MR) is 116 cm³/mol. The van der Waals surface area contributed by atoms with E-state index in [1.807, 2.05) is 72.4 Å². The van der Waals surface area contributed by atoms with E-state index in [1.54, 1.807) is 17.0 Å². The number of nitrogens with zero attached hydrogens (tertiary/aromatic N) is 2. The number of aromatic nitrogens is 1. The van der Waals surface area contributed by atoms with Crippen LogP contribution in [0.1, 0.15) is 27.9 Å². The number of carbonyl (C=O) groups is 3. The second-order valence-corrected chi connectivity index (χ2v) is 7.71. The number of hydrazine groups is 1. The van der Waals surface area contributed by atoms with Crippen LogP contribution in [0, 0.1) is 12.8 Å². The van der Waals surface area contributed by atoms with Gasteiger partial charge in [0.1, 0.15) is 0 Å². The number of hydrogen-bond acceptors (Lipinski definition) is 3. The largest absolute Gasteiger partial charge is 0.338 e. The lowest BCUT2D eigenvalue weighted by molar-refractivity contribution is -0.129. The molecule has 3 amide bonds. The first-order chi connectivity index (χ1) is 15.0. The Bertz CT molecular complexity index is 1090. The van der Waals surface area contributed by atoms with Gasteiger partial charge in [0.2, 0.25) is 11.8 Å². The molecule has 1 atom stereocenters. The first kappa shape index (κ1) is 20.4. The monoisotopic (exact) mass is 416 g/mol. The van der Waals surface area contributed by atoms with Crippen molar-refractivity contribution in [3.05, 3.63) is 89.7 Å². The molecule has 1 aliphatic rings. The summed E-state index contributed by atoms with van der Waals surface area (Å²) in [5.41, 5.74) is 8.28. The molecule has 31 heavy (non-hydrogen) atoms. The van der Waals surface area contributed by atoms with Gasteiger partial charge in [0.15, 0.2) is 0 Å². The Hall–Kier alpha value is -3.87. The fraction of sp³-hybridized carbons (Fsp3) is 0.208. The predicted octanol–water partition coefficient (Wildman–Crippen LogP) is 2.60. The third-order valence-corrected chi connectivity index (χ3v) is 5.41. The van der Waals surface area contributed by atoms with Gasteiger partial charge in [-0.15, -0.1) is 0 Å². The van der Waals surface area contributed by atoms with E-state index in [0.717, 1.165) is 11.1 Å². The summed E-state index contributed by atoms with van der Waals surface area (Å²) in [7, 11) is 0. The van der Waals surface area contributed by atoms with Crippen molar-refractivity contribution in [1.29, 1.82) is 0 Å². The van der Waals surface area contributed by atoms with Crippen LogP contribution in [0.5, 0.6) is 0 Å². The number of amides is 3. The van der Waals surface area contributed by atoms with Crippen molar-refractivity contribution in [2.45, 2.75) is 19.9 Å². The third kappa shape index (κ3) is 4.66.